The molecule has 1 unspecified atom stereocenters. The lowest BCUT2D eigenvalue weighted by Gasteiger charge is -2.28. The van der Waals surface area contributed by atoms with Crippen LogP contribution in [-0.4, -0.2) is 57.8 Å². The van der Waals surface area contributed by atoms with Gasteiger partial charge < -0.3 is 28.3 Å². The molecule has 224 valence electrons. The molecular formula is C31H37ClN4O6. The van der Waals surface area contributed by atoms with Crippen molar-refractivity contribution in [2.45, 2.75) is 70.0 Å². The number of rotatable bonds is 10. The monoisotopic (exact) mass is 596 g/mol. The summed E-state index contributed by atoms with van der Waals surface area (Å²) < 4.78 is 33.1. The Morgan fingerprint density at radius 2 is 1.98 bits per heavy atom. The Hall–Kier alpha value is -3.60. The van der Waals surface area contributed by atoms with Crippen LogP contribution in [0.5, 0.6) is 11.5 Å². The normalized spacial score (nSPS) is 20.1. The molecule has 3 heterocycles. The molecule has 1 aliphatic heterocycles. The third-order valence-corrected chi connectivity index (χ3v) is 8.14. The number of alkyl halides is 1. The zero-order valence-corrected chi connectivity index (χ0v) is 25.6. The molecule has 0 radical (unpaired) electrons. The lowest BCUT2D eigenvalue weighted by Crippen LogP contribution is -2.36. The molecule has 0 amide bonds. The van der Waals surface area contributed by atoms with Crippen LogP contribution in [0.3, 0.4) is 0 Å². The second-order valence-corrected chi connectivity index (χ2v) is 11.4. The molecule has 3 aromatic rings. The van der Waals surface area contributed by atoms with Crippen LogP contribution in [0.25, 0.3) is 5.70 Å². The number of fused-ring (bicyclic) bond motifs is 2. The minimum atomic E-state index is -1.09. The minimum absolute atomic E-state index is 0.136. The smallest absolute Gasteiger partial charge is 0.337 e. The van der Waals surface area contributed by atoms with Crippen molar-refractivity contribution in [2.75, 3.05) is 21.3 Å². The van der Waals surface area contributed by atoms with E-state index in [2.05, 4.69) is 33.2 Å². The number of ether oxygens (including phenoxy) is 5. The number of methoxy groups -OCH3 is 3. The van der Waals surface area contributed by atoms with Crippen molar-refractivity contribution < 1.29 is 28.5 Å². The summed E-state index contributed by atoms with van der Waals surface area (Å²) in [5, 5.41) is 8.55. The van der Waals surface area contributed by atoms with Crippen LogP contribution in [-0.2, 0) is 32.2 Å². The van der Waals surface area contributed by atoms with Crippen LogP contribution >= 0.6 is 11.6 Å². The van der Waals surface area contributed by atoms with Gasteiger partial charge in [-0.05, 0) is 63.5 Å². The average molecular weight is 597 g/mol. The van der Waals surface area contributed by atoms with Gasteiger partial charge in [0.1, 0.15) is 17.9 Å². The van der Waals surface area contributed by atoms with Gasteiger partial charge in [0, 0.05) is 24.0 Å². The molecular weight excluding hydrogens is 560 g/mol. The molecule has 5 rings (SSSR count). The van der Waals surface area contributed by atoms with E-state index in [-0.39, 0.29) is 18.1 Å². The molecule has 0 saturated heterocycles. The van der Waals surface area contributed by atoms with Crippen LogP contribution in [0.4, 0.5) is 0 Å². The summed E-state index contributed by atoms with van der Waals surface area (Å²) in [5.74, 6) is 0.822. The molecule has 1 aliphatic carbocycles. The fourth-order valence-corrected chi connectivity index (χ4v) is 5.72. The van der Waals surface area contributed by atoms with Gasteiger partial charge in [0.15, 0.2) is 17.1 Å². The van der Waals surface area contributed by atoms with Gasteiger partial charge in [-0.25, -0.2) is 9.48 Å². The van der Waals surface area contributed by atoms with Crippen LogP contribution in [0.2, 0.25) is 0 Å². The standard InChI is InChI=1S/C31H37ClN4O6/c1-19-23(18-41-31(2,3)30(37)40-6)33-34-36(19)16-14-26-25-10-8-15-35(25)24-13-12-20(32)17-22(24)28(42-26)21-9-7-11-27(38-4)29(21)39-5/h7-13,15,20,26,28H,14,16-18H2,1-6H3/t20?,26-,28-/m1/s1. The SMILES string of the molecule is COC(=O)C(C)(C)OCc1nnn(CC[C@H]2O[C@H](c3cccc(OC)c3OC)C3=C(C=CC(Cl)C3)n3cccc32)c1C. The van der Waals surface area contributed by atoms with E-state index < -0.39 is 17.7 Å². The zero-order valence-electron chi connectivity index (χ0n) is 24.8. The van der Waals surface area contributed by atoms with Crippen molar-refractivity contribution in [2.24, 2.45) is 0 Å². The first-order chi connectivity index (χ1) is 20.2. The molecule has 2 aliphatic rings. The summed E-state index contributed by atoms with van der Waals surface area (Å²) in [6.07, 6.45) is 6.72. The minimum Gasteiger partial charge on any atom is -0.493 e. The summed E-state index contributed by atoms with van der Waals surface area (Å²) in [4.78, 5) is 12.0. The number of hydrogen-bond acceptors (Lipinski definition) is 8. The van der Waals surface area contributed by atoms with Crippen molar-refractivity contribution in [3.8, 4) is 11.5 Å². The predicted molar refractivity (Wildman–Crippen MR) is 157 cm³/mol. The topological polar surface area (TPSA) is 98.9 Å². The van der Waals surface area contributed by atoms with E-state index in [0.717, 1.165) is 28.2 Å². The van der Waals surface area contributed by atoms with Gasteiger partial charge in [0.25, 0.3) is 0 Å². The summed E-state index contributed by atoms with van der Waals surface area (Å²) in [6.45, 7) is 5.96. The molecule has 11 heteroatoms. The van der Waals surface area contributed by atoms with Crippen LogP contribution < -0.4 is 9.47 Å². The third-order valence-electron chi connectivity index (χ3n) is 7.84. The van der Waals surface area contributed by atoms with Crippen LogP contribution in [0.1, 0.15) is 61.5 Å². The maximum atomic E-state index is 12.0. The Bertz CT molecular complexity index is 1510. The van der Waals surface area contributed by atoms with Crippen molar-refractivity contribution >= 4 is 23.3 Å². The van der Waals surface area contributed by atoms with Crippen LogP contribution in [0, 0.1) is 6.92 Å². The average Bonchev–Trinajstić information content (AvgIpc) is 3.59. The van der Waals surface area contributed by atoms with Gasteiger partial charge in [0.05, 0.1) is 44.7 Å². The fraction of sp³-hybridized carbons (Fsp3) is 0.452. The van der Waals surface area contributed by atoms with Gasteiger partial charge in [-0.15, -0.1) is 16.7 Å². The number of hydrogen-bond donors (Lipinski definition) is 0. The number of aromatic nitrogens is 4. The Balaban J connectivity index is 1.44. The number of benzene rings is 1. The first-order valence-electron chi connectivity index (χ1n) is 13.9. The summed E-state index contributed by atoms with van der Waals surface area (Å²) >= 11 is 6.66. The quantitative estimate of drug-likeness (QED) is 0.222. The number of para-hydroxylation sites is 1. The van der Waals surface area contributed by atoms with E-state index in [4.69, 9.17) is 35.3 Å². The number of esters is 1. The second kappa shape index (κ2) is 12.3. The molecule has 0 spiro atoms. The number of halogens is 1. The number of carbonyl (C=O) groups is 1. The largest absolute Gasteiger partial charge is 0.493 e. The highest BCUT2D eigenvalue weighted by Crippen LogP contribution is 2.48. The summed E-state index contributed by atoms with van der Waals surface area (Å²) in [6, 6.07) is 9.95. The van der Waals surface area contributed by atoms with Gasteiger partial charge >= 0.3 is 5.97 Å². The molecule has 2 aromatic heterocycles. The predicted octanol–water partition coefficient (Wildman–Crippen LogP) is 5.55. The number of carbonyl (C=O) groups excluding carboxylic acids is 1. The molecule has 0 fully saturated rings. The van der Waals surface area contributed by atoms with E-state index in [0.29, 0.717) is 36.6 Å². The molecule has 0 bridgehead atoms. The van der Waals surface area contributed by atoms with Crippen molar-refractivity contribution in [1.82, 2.24) is 19.6 Å². The summed E-state index contributed by atoms with van der Waals surface area (Å²) in [7, 11) is 4.61. The van der Waals surface area contributed by atoms with E-state index in [9.17, 15) is 4.79 Å². The lowest BCUT2D eigenvalue weighted by molar-refractivity contribution is -0.166. The first-order valence-corrected chi connectivity index (χ1v) is 14.3. The molecule has 3 atom stereocenters. The number of allylic oxidation sites excluding steroid dienone is 3. The van der Waals surface area contributed by atoms with E-state index in [1.165, 1.54) is 7.11 Å². The van der Waals surface area contributed by atoms with Crippen molar-refractivity contribution in [3.63, 3.8) is 0 Å². The van der Waals surface area contributed by atoms with Gasteiger partial charge in [-0.3, -0.25) is 0 Å². The van der Waals surface area contributed by atoms with Gasteiger partial charge in [0.2, 0.25) is 0 Å². The van der Waals surface area contributed by atoms with Gasteiger partial charge in [-0.2, -0.15) is 0 Å². The third kappa shape index (κ3) is 5.71. The molecule has 10 nitrogen and oxygen atoms in total. The highest BCUT2D eigenvalue weighted by Gasteiger charge is 2.36. The van der Waals surface area contributed by atoms with Crippen molar-refractivity contribution in [3.05, 3.63) is 76.9 Å². The molecule has 0 saturated carbocycles. The second-order valence-electron chi connectivity index (χ2n) is 10.8. The maximum Gasteiger partial charge on any atom is 0.337 e. The van der Waals surface area contributed by atoms with E-state index in [1.54, 1.807) is 28.1 Å². The van der Waals surface area contributed by atoms with E-state index >= 15 is 0 Å². The molecule has 0 N–H and O–H groups in total. The number of aryl methyl sites for hydroxylation is 1. The summed E-state index contributed by atoms with van der Waals surface area (Å²) in [5.41, 5.74) is 4.46. The Morgan fingerprint density at radius 1 is 1.17 bits per heavy atom. The highest BCUT2D eigenvalue weighted by atomic mass is 35.5. The fourth-order valence-electron chi connectivity index (χ4n) is 5.48. The molecule has 42 heavy (non-hydrogen) atoms. The lowest BCUT2D eigenvalue weighted by atomic mass is 9.91. The Labute approximate surface area is 250 Å². The van der Waals surface area contributed by atoms with Crippen LogP contribution in [0.15, 0.2) is 54.3 Å². The van der Waals surface area contributed by atoms with Gasteiger partial charge in [-0.1, -0.05) is 23.4 Å². The first kappa shape index (κ1) is 29.9. The number of nitrogens with zero attached hydrogens (tertiary/aromatic N) is 4. The molecule has 1 aromatic carbocycles. The van der Waals surface area contributed by atoms with Crippen molar-refractivity contribution in [1.29, 1.82) is 0 Å². The van der Waals surface area contributed by atoms with E-state index in [1.807, 2.05) is 41.9 Å². The Kier molecular flexibility index (Phi) is 8.77. The Morgan fingerprint density at radius 3 is 2.71 bits per heavy atom. The maximum absolute atomic E-state index is 12.0. The highest BCUT2D eigenvalue weighted by molar-refractivity contribution is 6.22. The zero-order chi connectivity index (χ0) is 30.0.